The first-order chi connectivity index (χ1) is 11.2. The lowest BCUT2D eigenvalue weighted by molar-refractivity contribution is -0.00144. The lowest BCUT2D eigenvalue weighted by Gasteiger charge is -2.52. The van der Waals surface area contributed by atoms with Gasteiger partial charge in [0.05, 0.1) is 6.04 Å². The molecule has 3 saturated heterocycles. The van der Waals surface area contributed by atoms with Gasteiger partial charge in [-0.05, 0) is 80.1 Å². The van der Waals surface area contributed by atoms with E-state index in [0.717, 1.165) is 5.56 Å². The highest BCUT2D eigenvalue weighted by Gasteiger charge is 2.60. The number of fused-ring (bicyclic) bond motifs is 3. The monoisotopic (exact) mass is 326 g/mol. The van der Waals surface area contributed by atoms with Crippen molar-refractivity contribution in [3.63, 3.8) is 0 Å². The van der Waals surface area contributed by atoms with Crippen LogP contribution in [0.3, 0.4) is 0 Å². The third-order valence-corrected chi connectivity index (χ3v) is 7.36. The van der Waals surface area contributed by atoms with Crippen molar-refractivity contribution in [1.29, 1.82) is 0 Å². The molecule has 120 valence electrons. The number of carbonyl (C=O) groups excluding carboxylic acids is 1. The molecule has 0 radical (unpaired) electrons. The molecule has 4 heteroatoms. The fraction of sp³-hybridized carbons (Fsp3) is 0.526. The molecule has 4 aliphatic rings. The van der Waals surface area contributed by atoms with Crippen molar-refractivity contribution in [2.24, 2.45) is 5.92 Å². The number of rotatable bonds is 2. The van der Waals surface area contributed by atoms with Crippen molar-refractivity contribution < 1.29 is 4.79 Å². The molecule has 1 amide bonds. The molecule has 3 aliphatic heterocycles. The van der Waals surface area contributed by atoms with E-state index in [9.17, 15) is 4.79 Å². The van der Waals surface area contributed by atoms with Crippen molar-refractivity contribution in [3.05, 3.63) is 34.7 Å². The summed E-state index contributed by atoms with van der Waals surface area (Å²) in [5, 5.41) is 6.85. The zero-order chi connectivity index (χ0) is 15.6. The number of thiophene rings is 1. The molecule has 23 heavy (non-hydrogen) atoms. The van der Waals surface area contributed by atoms with E-state index in [-0.39, 0.29) is 5.91 Å². The van der Waals surface area contributed by atoms with E-state index >= 15 is 0 Å². The lowest BCUT2D eigenvalue weighted by atomic mass is 9.77. The first-order valence-corrected chi connectivity index (χ1v) is 9.59. The summed E-state index contributed by atoms with van der Waals surface area (Å²) in [7, 11) is 0. The van der Waals surface area contributed by atoms with Gasteiger partial charge in [-0.15, -0.1) is 11.3 Å². The van der Waals surface area contributed by atoms with Gasteiger partial charge in [0.15, 0.2) is 0 Å². The molecular formula is C19H22N2OS. The normalized spacial score (nSPS) is 30.7. The highest BCUT2D eigenvalue weighted by molar-refractivity contribution is 7.17. The fourth-order valence-corrected chi connectivity index (χ4v) is 5.83. The first kappa shape index (κ1) is 14.0. The van der Waals surface area contributed by atoms with Gasteiger partial charge in [-0.1, -0.05) is 6.07 Å². The van der Waals surface area contributed by atoms with Gasteiger partial charge in [0, 0.05) is 15.8 Å². The molecule has 1 saturated carbocycles. The lowest BCUT2D eigenvalue weighted by Crippen LogP contribution is -2.65. The Bertz CT molecular complexity index is 784. The van der Waals surface area contributed by atoms with E-state index < -0.39 is 0 Å². The van der Waals surface area contributed by atoms with E-state index in [1.165, 1.54) is 54.4 Å². The van der Waals surface area contributed by atoms with Crippen LogP contribution in [-0.2, 0) is 0 Å². The number of nitrogens with zero attached hydrogens (tertiary/aromatic N) is 1. The molecule has 1 N–H and O–H groups in total. The fourth-order valence-electron chi connectivity index (χ4n) is 4.85. The molecule has 0 unspecified atom stereocenters. The van der Waals surface area contributed by atoms with E-state index in [1.54, 1.807) is 11.3 Å². The second-order valence-corrected chi connectivity index (χ2v) is 8.42. The van der Waals surface area contributed by atoms with Crippen LogP contribution in [0, 0.1) is 12.8 Å². The average molecular weight is 326 g/mol. The molecule has 1 aromatic heterocycles. The average Bonchev–Trinajstić information content (AvgIpc) is 3.28. The number of piperidine rings is 3. The summed E-state index contributed by atoms with van der Waals surface area (Å²) in [5.74, 6) is 0.794. The molecular weight excluding hydrogens is 304 g/mol. The topological polar surface area (TPSA) is 32.3 Å². The highest BCUT2D eigenvalue weighted by Crippen LogP contribution is 2.53. The van der Waals surface area contributed by atoms with E-state index in [1.807, 2.05) is 6.07 Å². The third kappa shape index (κ3) is 2.01. The molecule has 1 aliphatic carbocycles. The summed E-state index contributed by atoms with van der Waals surface area (Å²) in [6, 6.07) is 6.50. The van der Waals surface area contributed by atoms with Crippen LogP contribution in [0.2, 0.25) is 0 Å². The molecule has 4 heterocycles. The van der Waals surface area contributed by atoms with E-state index in [2.05, 4.69) is 34.7 Å². The second-order valence-electron chi connectivity index (χ2n) is 7.51. The van der Waals surface area contributed by atoms with Gasteiger partial charge >= 0.3 is 0 Å². The minimum atomic E-state index is 0.114. The predicted octanol–water partition coefficient (Wildman–Crippen LogP) is 3.57. The van der Waals surface area contributed by atoms with Crippen LogP contribution in [0.25, 0.3) is 10.1 Å². The van der Waals surface area contributed by atoms with Crippen LogP contribution in [0.1, 0.15) is 41.6 Å². The number of hydrogen-bond donors (Lipinski definition) is 1. The van der Waals surface area contributed by atoms with Crippen LogP contribution in [-0.4, -0.2) is 35.5 Å². The van der Waals surface area contributed by atoms with Crippen LogP contribution in [0.5, 0.6) is 0 Å². The maximum atomic E-state index is 12.8. The Labute approximate surface area is 140 Å². The number of amides is 1. The number of benzene rings is 1. The van der Waals surface area contributed by atoms with Gasteiger partial charge in [0.25, 0.3) is 5.91 Å². The summed E-state index contributed by atoms with van der Waals surface area (Å²) >= 11 is 1.73. The van der Waals surface area contributed by atoms with Gasteiger partial charge in [0.1, 0.15) is 0 Å². The summed E-state index contributed by atoms with van der Waals surface area (Å²) in [6.45, 7) is 4.59. The SMILES string of the molecule is Cc1csc2cc(C(=O)N[C@@H]3C4CCN(CC4)C34CC4)ccc12. The summed E-state index contributed by atoms with van der Waals surface area (Å²) < 4.78 is 1.21. The standard InChI is InChI=1S/C19H22N2OS/c1-12-11-23-16-10-14(2-3-15(12)16)18(22)20-17-13-4-8-21(9-5-13)19(17)6-7-19/h2-3,10-11,13,17H,4-9H2,1H3,(H,20,22)/t17-/m1/s1. The molecule has 2 aromatic rings. The largest absolute Gasteiger partial charge is 0.347 e. The molecule has 1 aromatic carbocycles. The highest BCUT2D eigenvalue weighted by atomic mass is 32.1. The second kappa shape index (κ2) is 4.81. The van der Waals surface area contributed by atoms with Crippen LogP contribution < -0.4 is 5.32 Å². The number of hydrogen-bond acceptors (Lipinski definition) is 3. The Morgan fingerprint density at radius 3 is 2.83 bits per heavy atom. The maximum Gasteiger partial charge on any atom is 0.251 e. The molecule has 2 bridgehead atoms. The Balaban J connectivity index is 1.42. The smallest absolute Gasteiger partial charge is 0.251 e. The molecule has 1 spiro atoms. The minimum Gasteiger partial charge on any atom is -0.347 e. The van der Waals surface area contributed by atoms with Gasteiger partial charge in [-0.3, -0.25) is 9.69 Å². The van der Waals surface area contributed by atoms with Crippen molar-refractivity contribution in [2.45, 2.75) is 44.2 Å². The molecule has 4 fully saturated rings. The number of carbonyl (C=O) groups is 1. The van der Waals surface area contributed by atoms with Gasteiger partial charge in [-0.2, -0.15) is 0 Å². The summed E-state index contributed by atoms with van der Waals surface area (Å²) in [5.41, 5.74) is 2.42. The first-order valence-electron chi connectivity index (χ1n) is 8.71. The predicted molar refractivity (Wildman–Crippen MR) is 94.1 cm³/mol. The van der Waals surface area contributed by atoms with Crippen molar-refractivity contribution in [1.82, 2.24) is 10.2 Å². The van der Waals surface area contributed by atoms with Crippen LogP contribution in [0.4, 0.5) is 0 Å². The van der Waals surface area contributed by atoms with Gasteiger partial charge < -0.3 is 5.32 Å². The van der Waals surface area contributed by atoms with Gasteiger partial charge in [-0.25, -0.2) is 0 Å². The Morgan fingerprint density at radius 2 is 2.09 bits per heavy atom. The maximum absolute atomic E-state index is 12.8. The zero-order valence-electron chi connectivity index (χ0n) is 13.5. The molecule has 6 rings (SSSR count). The van der Waals surface area contributed by atoms with Gasteiger partial charge in [0.2, 0.25) is 0 Å². The van der Waals surface area contributed by atoms with E-state index in [0.29, 0.717) is 17.5 Å². The number of nitrogens with one attached hydrogen (secondary N) is 1. The van der Waals surface area contributed by atoms with Crippen molar-refractivity contribution >= 4 is 27.3 Å². The van der Waals surface area contributed by atoms with Crippen LogP contribution >= 0.6 is 11.3 Å². The quantitative estimate of drug-likeness (QED) is 0.915. The molecule has 3 nitrogen and oxygen atoms in total. The Hall–Kier alpha value is -1.39. The Morgan fingerprint density at radius 1 is 1.30 bits per heavy atom. The summed E-state index contributed by atoms with van der Waals surface area (Å²) in [6.07, 6.45) is 5.01. The minimum absolute atomic E-state index is 0.114. The van der Waals surface area contributed by atoms with Crippen molar-refractivity contribution in [3.8, 4) is 0 Å². The molecule has 1 atom stereocenters. The zero-order valence-corrected chi connectivity index (χ0v) is 14.3. The van der Waals surface area contributed by atoms with Crippen LogP contribution in [0.15, 0.2) is 23.6 Å². The van der Waals surface area contributed by atoms with E-state index in [4.69, 9.17) is 0 Å². The number of aryl methyl sites for hydroxylation is 1. The van der Waals surface area contributed by atoms with Crippen molar-refractivity contribution in [2.75, 3.05) is 13.1 Å². The summed E-state index contributed by atoms with van der Waals surface area (Å²) in [4.78, 5) is 15.5. The third-order valence-electron chi connectivity index (χ3n) is 6.30. The Kier molecular flexibility index (Phi) is 2.92.